The number of carbonyl (C=O) groups excluding carboxylic acids is 3. The molecular weight excluding hydrogens is 1570 g/mol. The molecule has 11 rings (SSSR count). The van der Waals surface area contributed by atoms with Crippen LogP contribution in [0.3, 0.4) is 0 Å². The molecule has 2 aliphatic carbocycles. The van der Waals surface area contributed by atoms with Crippen LogP contribution in [-0.4, -0.2) is 115 Å². The van der Waals surface area contributed by atoms with E-state index in [1.165, 1.54) is 79.2 Å². The molecule has 5 aromatic rings. The van der Waals surface area contributed by atoms with Gasteiger partial charge in [-0.05, 0) is 199 Å². The zero-order chi connectivity index (χ0) is 92.5. The lowest BCUT2D eigenvalue weighted by Gasteiger charge is -2.44. The molecule has 1 aromatic heterocycles. The smallest absolute Gasteiger partial charge is 0.277 e. The first kappa shape index (κ1) is 110. The number of thioether (sulfide) groups is 1. The lowest BCUT2D eigenvalue weighted by molar-refractivity contribution is -0.130. The highest BCUT2D eigenvalue weighted by Gasteiger charge is 2.45. The van der Waals surface area contributed by atoms with Gasteiger partial charge in [-0.1, -0.05) is 305 Å². The van der Waals surface area contributed by atoms with E-state index < -0.39 is 31.0 Å². The number of para-hydroxylation sites is 1. The number of likely N-dealkylation sites (tertiary alicyclic amines) is 2. The number of hydrogen-bond donors (Lipinski definition) is 0. The van der Waals surface area contributed by atoms with Crippen LogP contribution in [0.4, 0.5) is 18.9 Å². The first-order chi connectivity index (χ1) is 55.1. The summed E-state index contributed by atoms with van der Waals surface area (Å²) in [6.45, 7) is 71.4. The molecule has 688 valence electrons. The van der Waals surface area contributed by atoms with Crippen molar-refractivity contribution in [2.45, 2.75) is 347 Å². The van der Waals surface area contributed by atoms with E-state index in [1.54, 1.807) is 56.8 Å². The predicted molar refractivity (Wildman–Crippen MR) is 510 cm³/mol. The van der Waals surface area contributed by atoms with E-state index in [0.29, 0.717) is 87.2 Å². The van der Waals surface area contributed by atoms with Gasteiger partial charge in [0.1, 0.15) is 5.82 Å². The van der Waals surface area contributed by atoms with Gasteiger partial charge in [0, 0.05) is 73.2 Å². The van der Waals surface area contributed by atoms with Crippen molar-refractivity contribution in [1.29, 1.82) is 0 Å². The molecule has 5 heterocycles. The maximum absolute atomic E-state index is 13.7. The topological polar surface area (TPSA) is 147 Å². The van der Waals surface area contributed by atoms with E-state index in [-0.39, 0.29) is 49.8 Å². The number of sulfone groups is 2. The maximum atomic E-state index is 13.7. The van der Waals surface area contributed by atoms with Gasteiger partial charge in [-0.25, -0.2) is 30.0 Å². The van der Waals surface area contributed by atoms with E-state index >= 15 is 0 Å². The Labute approximate surface area is 742 Å². The van der Waals surface area contributed by atoms with Gasteiger partial charge >= 0.3 is 0 Å². The van der Waals surface area contributed by atoms with Crippen LogP contribution in [0.15, 0.2) is 126 Å². The Morgan fingerprint density at radius 3 is 1.45 bits per heavy atom. The quantitative estimate of drug-likeness (QED) is 0.106. The molecule has 3 saturated heterocycles. The maximum Gasteiger partial charge on any atom is 0.277 e. The molecular formula is C103H170F3N5O7S3. The highest BCUT2D eigenvalue weighted by atomic mass is 32.2. The summed E-state index contributed by atoms with van der Waals surface area (Å²) in [4.78, 5) is 42.9. The second-order valence-electron chi connectivity index (χ2n) is 46.1. The summed E-state index contributed by atoms with van der Waals surface area (Å²) in [5.41, 5.74) is 5.78. The molecule has 4 aliphatic heterocycles. The summed E-state index contributed by atoms with van der Waals surface area (Å²) in [5, 5.41) is 4.24. The van der Waals surface area contributed by atoms with Gasteiger partial charge in [-0.3, -0.25) is 19.1 Å². The minimum atomic E-state index is -2.83. The molecule has 12 nitrogen and oxygen atoms in total. The fraction of sp³-hybridized carbons (Fsp3) is 0.709. The third kappa shape index (κ3) is 42.1. The lowest BCUT2D eigenvalue weighted by atomic mass is 9.61. The van der Waals surface area contributed by atoms with Crippen molar-refractivity contribution >= 4 is 54.8 Å². The average Bonchev–Trinajstić information content (AvgIpc) is 1.22. The van der Waals surface area contributed by atoms with Crippen molar-refractivity contribution < 1.29 is 44.4 Å². The first-order valence-electron chi connectivity index (χ1n) is 45.3. The monoisotopic (exact) mass is 1740 g/mol. The van der Waals surface area contributed by atoms with Gasteiger partial charge in [0.15, 0.2) is 19.7 Å². The highest BCUT2D eigenvalue weighted by Crippen LogP contribution is 2.50. The number of hydrogen-bond acceptors (Lipinski definition) is 9. The van der Waals surface area contributed by atoms with Crippen molar-refractivity contribution in [1.82, 2.24) is 19.6 Å². The standard InChI is InChI=1S/C14H19NOS.C14H20.C13H23NO.C12H17F.C11H14F2.C11H21NO.C10H18N2.C10H22O2S.C8H16O2S/c1-14(2,3)8-9-15-11-6-4-5-7-12(11)17-10-13(15)16;1-14(2,3)13-9-12(10-13)11-7-5-4-6-8-11;1-13(2,3)10-8-12(15)14(9-10)11-6-4-5-7-11;1-12(2,3)9-8-10-6-4-5-7-11(10)13;1-10(2,3)11(12,13)9-7-5-4-6-8-9;1-8(2)12-7-9(6-10(12)13)11(3,4)5;1-9-7-11-12(8-9)6-5-10(2,3)4;1-9(2)6-7-13(11,12)8-10(3,4)5;1-8(2,3)7-4-5-11(9,10)6-7/h4-7H,8-10H2,1-3H3;4-8,12-13H,9-10H2,1-3H3;10-11H,4-9H2,1-3H3;4-7H,8-9H2,1-3H3;4-8H,1-3H3;8-9H,6-7H2,1-5H3;7-8H,5-6H2,1-4H3;9H,6-8H2,1-5H3;7H,4-6H2,1-3H3. The van der Waals surface area contributed by atoms with E-state index in [1.807, 2.05) is 85.6 Å². The highest BCUT2D eigenvalue weighted by molar-refractivity contribution is 8.00. The number of anilines is 1. The van der Waals surface area contributed by atoms with E-state index in [9.17, 15) is 44.4 Å². The zero-order valence-electron chi connectivity index (χ0n) is 81.9. The molecule has 4 aromatic carbocycles. The number of aryl methyl sites for hydroxylation is 3. The largest absolute Gasteiger partial charge is 0.340 e. The molecule has 18 heteroatoms. The van der Waals surface area contributed by atoms with Crippen LogP contribution in [0.25, 0.3) is 0 Å². The van der Waals surface area contributed by atoms with Gasteiger partial charge in [0.25, 0.3) is 5.92 Å². The van der Waals surface area contributed by atoms with Crippen LogP contribution in [0.2, 0.25) is 0 Å². The van der Waals surface area contributed by atoms with Gasteiger partial charge in [0.2, 0.25) is 17.7 Å². The second-order valence-corrected chi connectivity index (χ2v) is 51.6. The average molecular weight is 1740 g/mol. The number of fused-ring (bicyclic) bond motifs is 1. The molecule has 6 aliphatic rings. The predicted octanol–water partition coefficient (Wildman–Crippen LogP) is 27.1. The summed E-state index contributed by atoms with van der Waals surface area (Å²) in [5.74, 6) is 3.81. The zero-order valence-corrected chi connectivity index (χ0v) is 84.3. The Kier molecular flexibility index (Phi) is 42.5. The fourth-order valence-corrected chi connectivity index (χ4v) is 20.1. The van der Waals surface area contributed by atoms with Crippen LogP contribution >= 0.6 is 11.8 Å². The molecule has 3 amide bonds. The van der Waals surface area contributed by atoms with Crippen LogP contribution in [0, 0.1) is 91.1 Å². The fourth-order valence-electron chi connectivity index (χ4n) is 14.8. The van der Waals surface area contributed by atoms with Gasteiger partial charge in [-0.15, -0.1) is 11.8 Å². The minimum absolute atomic E-state index is 0.0771. The number of nitrogens with zero attached hydrogens (tertiary/aromatic N) is 5. The summed E-state index contributed by atoms with van der Waals surface area (Å²) < 4.78 is 87.8. The molecule has 0 radical (unpaired) electrons. The Hall–Kier alpha value is -5.46. The molecule has 121 heavy (non-hydrogen) atoms. The van der Waals surface area contributed by atoms with Gasteiger partial charge in [-0.2, -0.15) is 5.10 Å². The third-order valence-corrected chi connectivity index (χ3v) is 28.8. The normalized spacial score (nSPS) is 19.7. The first-order valence-corrected chi connectivity index (χ1v) is 50.0. The van der Waals surface area contributed by atoms with Crippen LogP contribution < -0.4 is 4.90 Å². The Morgan fingerprint density at radius 1 is 0.545 bits per heavy atom. The number of halogens is 3. The molecule has 3 atom stereocenters. The van der Waals surface area contributed by atoms with Crippen LogP contribution in [-0.2, 0) is 52.9 Å². The number of alkyl halides is 2. The van der Waals surface area contributed by atoms with Crippen molar-refractivity contribution in [3.63, 3.8) is 0 Å². The number of carbonyl (C=O) groups is 3. The SMILES string of the molecule is CC(C)(C)C(F)(F)c1ccccc1.CC(C)(C)C1CC(=O)N(C2CCCC2)C1.CC(C)(C)C1CC(c2ccccc2)C1.CC(C)(C)C1CCS(=O)(=O)C1.CC(C)(C)CCN1C(=O)CSc2ccccc21.CC(C)(C)CCc1ccccc1F.CC(C)CCS(=O)(=O)CC(C)(C)C.CC(C)N1CC(C(C)(C)C)CC1=O.Cc1cnn(CCC(C)(C)C)c1. The Bertz CT molecular complexity index is 4100. The van der Waals surface area contributed by atoms with E-state index in [2.05, 4.69) is 219 Å². The molecule has 0 N–H and O–H groups in total. The molecule has 0 spiro atoms. The molecule has 2 saturated carbocycles. The van der Waals surface area contributed by atoms with Crippen molar-refractivity contribution in [3.8, 4) is 0 Å². The lowest BCUT2D eigenvalue weighted by Crippen LogP contribution is -2.37. The Morgan fingerprint density at radius 2 is 1.02 bits per heavy atom. The van der Waals surface area contributed by atoms with E-state index in [4.69, 9.17) is 0 Å². The van der Waals surface area contributed by atoms with Crippen molar-refractivity contribution in [2.24, 2.45) is 78.3 Å². The summed E-state index contributed by atoms with van der Waals surface area (Å²) >= 11 is 1.64. The van der Waals surface area contributed by atoms with Gasteiger partial charge in [0.05, 0.1) is 40.6 Å². The third-order valence-electron chi connectivity index (χ3n) is 23.8. The summed E-state index contributed by atoms with van der Waals surface area (Å²) in [7, 11) is -5.51. The molecule has 0 bridgehead atoms. The van der Waals surface area contributed by atoms with Crippen LogP contribution in [0.1, 0.15) is 326 Å². The summed E-state index contributed by atoms with van der Waals surface area (Å²) in [6.07, 6.45) is 19.1. The number of rotatable bonds is 14. The molecule has 5 fully saturated rings. The number of benzene rings is 4. The number of amides is 3. The molecule has 3 unspecified atom stereocenters. The van der Waals surface area contributed by atoms with Crippen LogP contribution in [0.5, 0.6) is 0 Å². The number of aromatic nitrogens is 2. The van der Waals surface area contributed by atoms with Gasteiger partial charge < -0.3 is 14.7 Å². The summed E-state index contributed by atoms with van der Waals surface area (Å²) in [6, 6.07) is 35.0. The van der Waals surface area contributed by atoms with Crippen molar-refractivity contribution in [3.05, 3.63) is 150 Å². The minimum Gasteiger partial charge on any atom is -0.340 e. The Balaban J connectivity index is 0.000000353. The van der Waals surface area contributed by atoms with E-state index in [0.717, 1.165) is 94.2 Å². The van der Waals surface area contributed by atoms with Crippen molar-refractivity contribution in [2.75, 3.05) is 53.3 Å². The second kappa shape index (κ2) is 46.8.